The maximum atomic E-state index is 10.7. The zero-order chi connectivity index (χ0) is 5.82. The average molecular weight is 134 g/mol. The fraction of sp³-hybridized carbons (Fsp3) is 1.00. The van der Waals surface area contributed by atoms with Crippen LogP contribution in [0.5, 0.6) is 0 Å². The molecule has 0 spiro atoms. The molecule has 1 atom stereocenters. The Labute approximate surface area is 51.7 Å². The second-order valence-corrected chi connectivity index (χ2v) is 3.51. The van der Waals surface area contributed by atoms with Crippen molar-refractivity contribution >= 4 is 10.8 Å². The van der Waals surface area contributed by atoms with Crippen molar-refractivity contribution in [2.45, 2.75) is 6.42 Å². The molecule has 0 N–H and O–H groups in total. The Bertz CT molecular complexity index is 82.4. The van der Waals surface area contributed by atoms with Crippen LogP contribution in [0.1, 0.15) is 6.42 Å². The molecule has 0 aromatic carbocycles. The summed E-state index contributed by atoms with van der Waals surface area (Å²) in [6.45, 7) is 1.48. The molecule has 48 valence electrons. The van der Waals surface area contributed by atoms with Crippen LogP contribution in [-0.2, 0) is 15.5 Å². The van der Waals surface area contributed by atoms with E-state index < -0.39 is 10.8 Å². The smallest absolute Gasteiger partial charge is 0.0581 e. The Balaban J connectivity index is 2.27. The van der Waals surface area contributed by atoms with E-state index in [4.69, 9.17) is 4.74 Å². The van der Waals surface area contributed by atoms with Crippen molar-refractivity contribution in [3.05, 3.63) is 0 Å². The Hall–Kier alpha value is 0.110. The molecule has 3 heteroatoms. The van der Waals surface area contributed by atoms with Crippen LogP contribution in [0.15, 0.2) is 0 Å². The van der Waals surface area contributed by atoms with Gasteiger partial charge in [0.1, 0.15) is 0 Å². The molecule has 1 unspecified atom stereocenters. The molecule has 1 aliphatic heterocycles. The first-order valence-corrected chi connectivity index (χ1v) is 4.31. The van der Waals surface area contributed by atoms with Gasteiger partial charge in [-0.15, -0.1) is 0 Å². The molecule has 1 heterocycles. The van der Waals surface area contributed by atoms with E-state index in [9.17, 15) is 4.21 Å². The molecule has 8 heavy (non-hydrogen) atoms. The monoisotopic (exact) mass is 134 g/mol. The number of rotatable bonds is 0. The van der Waals surface area contributed by atoms with Crippen molar-refractivity contribution in [3.8, 4) is 0 Å². The summed E-state index contributed by atoms with van der Waals surface area (Å²) in [7, 11) is -0.583. The van der Waals surface area contributed by atoms with Crippen LogP contribution >= 0.6 is 0 Å². The predicted molar refractivity (Wildman–Crippen MR) is 33.3 cm³/mol. The highest BCUT2D eigenvalue weighted by Gasteiger charge is 2.03. The van der Waals surface area contributed by atoms with Crippen molar-refractivity contribution in [2.24, 2.45) is 0 Å². The number of hydrogen-bond acceptors (Lipinski definition) is 2. The average Bonchev–Trinajstić information content (AvgIpc) is 1.94. The normalized spacial score (nSPS) is 31.8. The second-order valence-electron chi connectivity index (χ2n) is 1.81. The molecule has 2 nitrogen and oxygen atoms in total. The standard InChI is InChI=1S/C5H10O2S/c6-8-4-1-2-7-3-5-8/h1-5H2. The Morgan fingerprint density at radius 1 is 1.25 bits per heavy atom. The molecule has 1 saturated heterocycles. The van der Waals surface area contributed by atoms with Crippen molar-refractivity contribution in [2.75, 3.05) is 24.7 Å². The maximum Gasteiger partial charge on any atom is 0.0581 e. The minimum atomic E-state index is -0.583. The molecule has 0 saturated carbocycles. The van der Waals surface area contributed by atoms with E-state index in [1.54, 1.807) is 0 Å². The zero-order valence-electron chi connectivity index (χ0n) is 4.76. The first-order valence-electron chi connectivity index (χ1n) is 2.82. The largest absolute Gasteiger partial charge is 0.380 e. The van der Waals surface area contributed by atoms with Gasteiger partial charge in [0.2, 0.25) is 0 Å². The van der Waals surface area contributed by atoms with Gasteiger partial charge in [-0.05, 0) is 6.42 Å². The third-order valence-electron chi connectivity index (χ3n) is 1.12. The summed E-state index contributed by atoms with van der Waals surface area (Å²) in [5.41, 5.74) is 0. The Morgan fingerprint density at radius 3 is 3.00 bits per heavy atom. The molecule has 1 rings (SSSR count). The molecular formula is C5H10O2S. The molecule has 0 aliphatic carbocycles. The molecule has 0 bridgehead atoms. The van der Waals surface area contributed by atoms with E-state index in [-0.39, 0.29) is 0 Å². The van der Waals surface area contributed by atoms with Crippen molar-refractivity contribution in [1.29, 1.82) is 0 Å². The minimum absolute atomic E-state index is 0.583. The molecule has 1 fully saturated rings. The van der Waals surface area contributed by atoms with Crippen molar-refractivity contribution < 1.29 is 8.95 Å². The Kier molecular flexibility index (Phi) is 2.49. The maximum absolute atomic E-state index is 10.7. The van der Waals surface area contributed by atoms with Crippen LogP contribution in [0.2, 0.25) is 0 Å². The van der Waals surface area contributed by atoms with Gasteiger partial charge in [0.15, 0.2) is 0 Å². The highest BCUT2D eigenvalue weighted by Crippen LogP contribution is 1.94. The van der Waals surface area contributed by atoms with Crippen molar-refractivity contribution in [1.82, 2.24) is 0 Å². The summed E-state index contributed by atoms with van der Waals surface area (Å²) in [6, 6.07) is 0. The highest BCUT2D eigenvalue weighted by atomic mass is 32.2. The van der Waals surface area contributed by atoms with Gasteiger partial charge >= 0.3 is 0 Å². The van der Waals surface area contributed by atoms with Gasteiger partial charge in [0.05, 0.1) is 6.61 Å². The van der Waals surface area contributed by atoms with Crippen LogP contribution in [-0.4, -0.2) is 28.9 Å². The quantitative estimate of drug-likeness (QED) is 0.471. The van der Waals surface area contributed by atoms with Gasteiger partial charge in [0.25, 0.3) is 0 Å². The predicted octanol–water partition coefficient (Wildman–Crippen LogP) is 0.155. The number of hydrogen-bond donors (Lipinski definition) is 0. The summed E-state index contributed by atoms with van der Waals surface area (Å²) in [6.07, 6.45) is 0.965. The molecular weight excluding hydrogens is 124 g/mol. The van der Waals surface area contributed by atoms with E-state index in [0.29, 0.717) is 6.61 Å². The fourth-order valence-corrected chi connectivity index (χ4v) is 1.63. The van der Waals surface area contributed by atoms with Gasteiger partial charge in [0, 0.05) is 28.9 Å². The van der Waals surface area contributed by atoms with Gasteiger partial charge in [-0.2, -0.15) is 0 Å². The summed E-state index contributed by atoms with van der Waals surface area (Å²) in [5, 5.41) is 0. The zero-order valence-corrected chi connectivity index (χ0v) is 5.58. The number of ether oxygens (including phenoxy) is 1. The first kappa shape index (κ1) is 6.23. The third kappa shape index (κ3) is 1.92. The molecule has 0 aromatic rings. The van der Waals surface area contributed by atoms with E-state index in [1.807, 2.05) is 0 Å². The van der Waals surface area contributed by atoms with E-state index >= 15 is 0 Å². The third-order valence-corrected chi connectivity index (χ3v) is 2.48. The summed E-state index contributed by atoms with van der Waals surface area (Å²) in [4.78, 5) is 0. The van der Waals surface area contributed by atoms with Crippen LogP contribution in [0.25, 0.3) is 0 Å². The lowest BCUT2D eigenvalue weighted by Gasteiger charge is -1.90. The lowest BCUT2D eigenvalue weighted by Crippen LogP contribution is -2.01. The lowest BCUT2D eigenvalue weighted by atomic mass is 10.5. The van der Waals surface area contributed by atoms with E-state index in [2.05, 4.69) is 0 Å². The topological polar surface area (TPSA) is 26.3 Å². The van der Waals surface area contributed by atoms with Crippen LogP contribution in [0.3, 0.4) is 0 Å². The molecule has 0 aromatic heterocycles. The van der Waals surface area contributed by atoms with Gasteiger partial charge in [-0.1, -0.05) is 0 Å². The molecule has 0 radical (unpaired) electrons. The van der Waals surface area contributed by atoms with Gasteiger partial charge < -0.3 is 4.74 Å². The molecule has 0 amide bonds. The van der Waals surface area contributed by atoms with Crippen LogP contribution < -0.4 is 0 Å². The van der Waals surface area contributed by atoms with Crippen LogP contribution in [0.4, 0.5) is 0 Å². The summed E-state index contributed by atoms with van der Waals surface area (Å²) < 4.78 is 15.8. The van der Waals surface area contributed by atoms with Crippen molar-refractivity contribution in [3.63, 3.8) is 0 Å². The fourth-order valence-electron chi connectivity index (χ4n) is 0.678. The van der Waals surface area contributed by atoms with Gasteiger partial charge in [-0.3, -0.25) is 4.21 Å². The summed E-state index contributed by atoms with van der Waals surface area (Å²) >= 11 is 0. The van der Waals surface area contributed by atoms with Crippen LogP contribution in [0, 0.1) is 0 Å². The minimum Gasteiger partial charge on any atom is -0.380 e. The second kappa shape index (κ2) is 3.20. The molecule has 1 aliphatic rings. The SMILES string of the molecule is O=S1CCCOCC1. The summed E-state index contributed by atoms with van der Waals surface area (Å²) in [5.74, 6) is 1.57. The van der Waals surface area contributed by atoms with E-state index in [0.717, 1.165) is 24.5 Å². The lowest BCUT2D eigenvalue weighted by molar-refractivity contribution is 0.154. The van der Waals surface area contributed by atoms with Gasteiger partial charge in [-0.25, -0.2) is 0 Å². The first-order chi connectivity index (χ1) is 3.89. The Morgan fingerprint density at radius 2 is 2.12 bits per heavy atom. The highest BCUT2D eigenvalue weighted by molar-refractivity contribution is 7.84. The van der Waals surface area contributed by atoms with E-state index in [1.165, 1.54) is 0 Å².